The molecule has 1 amide bonds. The molecule has 0 spiro atoms. The number of nitrogens with zero attached hydrogens (tertiary/aromatic N) is 3. The highest BCUT2D eigenvalue weighted by molar-refractivity contribution is 7.99. The third-order valence-corrected chi connectivity index (χ3v) is 7.99. The summed E-state index contributed by atoms with van der Waals surface area (Å²) in [6.45, 7) is 5.11. The zero-order valence-corrected chi connectivity index (χ0v) is 18.7. The Morgan fingerprint density at radius 3 is 2.45 bits per heavy atom. The van der Waals surface area contributed by atoms with Crippen LogP contribution in [0.1, 0.15) is 24.2 Å². The molecule has 1 aliphatic rings. The van der Waals surface area contributed by atoms with Crippen LogP contribution in [0.3, 0.4) is 0 Å². The van der Waals surface area contributed by atoms with Crippen molar-refractivity contribution in [3.8, 4) is 0 Å². The molecule has 0 bridgehead atoms. The molecular weight excluding hydrogens is 408 g/mol. The Morgan fingerprint density at radius 2 is 1.86 bits per heavy atom. The number of carbonyl (C=O) groups is 1. The van der Waals surface area contributed by atoms with Crippen LogP contribution < -0.4 is 5.32 Å². The molecule has 2 heterocycles. The molecule has 0 unspecified atom stereocenters. The third kappa shape index (κ3) is 5.40. The normalized spacial score (nSPS) is 16.1. The van der Waals surface area contributed by atoms with Crippen LogP contribution in [0.25, 0.3) is 0 Å². The number of rotatable bonds is 7. The van der Waals surface area contributed by atoms with Crippen molar-refractivity contribution in [3.63, 3.8) is 0 Å². The number of sulfonamides is 1. The first-order chi connectivity index (χ1) is 13.8. The van der Waals surface area contributed by atoms with Crippen molar-refractivity contribution < 1.29 is 13.2 Å². The lowest BCUT2D eigenvalue weighted by atomic mass is 9.97. The molecule has 0 atom stereocenters. The van der Waals surface area contributed by atoms with Gasteiger partial charge in [0, 0.05) is 49.4 Å². The van der Waals surface area contributed by atoms with E-state index in [4.69, 9.17) is 0 Å². The van der Waals surface area contributed by atoms with E-state index in [1.54, 1.807) is 30.3 Å². The maximum atomic E-state index is 12.7. The van der Waals surface area contributed by atoms with E-state index in [2.05, 4.69) is 41.5 Å². The molecule has 0 aliphatic carbocycles. The first-order valence-corrected chi connectivity index (χ1v) is 12.2. The maximum absolute atomic E-state index is 12.7. The van der Waals surface area contributed by atoms with Gasteiger partial charge < -0.3 is 9.88 Å². The predicted molar refractivity (Wildman–Crippen MR) is 114 cm³/mol. The van der Waals surface area contributed by atoms with Crippen molar-refractivity contribution in [2.75, 3.05) is 25.4 Å². The van der Waals surface area contributed by atoms with Gasteiger partial charge in [-0.3, -0.25) is 4.79 Å². The minimum absolute atomic E-state index is 0.0141. The van der Waals surface area contributed by atoms with Crippen molar-refractivity contribution in [2.24, 2.45) is 13.0 Å². The second-order valence-electron chi connectivity index (χ2n) is 7.37. The molecule has 1 aliphatic heterocycles. The molecule has 1 aromatic heterocycles. The first kappa shape index (κ1) is 21.9. The van der Waals surface area contributed by atoms with E-state index < -0.39 is 10.0 Å². The second kappa shape index (κ2) is 9.32. The summed E-state index contributed by atoms with van der Waals surface area (Å²) in [6.07, 6.45) is 2.60. The zero-order chi connectivity index (χ0) is 21.0. The Balaban J connectivity index is 1.43. The third-order valence-electron chi connectivity index (χ3n) is 5.21. The number of aryl methyl sites for hydroxylation is 3. The quantitative estimate of drug-likeness (QED) is 0.532. The molecule has 0 saturated carbocycles. The molecule has 9 heteroatoms. The van der Waals surface area contributed by atoms with E-state index in [0.29, 0.717) is 38.3 Å². The Labute approximate surface area is 176 Å². The van der Waals surface area contributed by atoms with E-state index in [-0.39, 0.29) is 16.9 Å². The molecule has 0 radical (unpaired) electrons. The Bertz CT molecular complexity index is 927. The van der Waals surface area contributed by atoms with Gasteiger partial charge in [0.05, 0.1) is 0 Å². The standard InChI is InChI=1S/C20H28N4O3S2/c1-15-4-6-18(7-5-15)28-13-10-21-20(25)17-8-11-24(12-9-17)29(26,27)19-14-23(3)16(2)22-19/h4-7,14,17H,8-13H2,1-3H3,(H,21,25). The van der Waals surface area contributed by atoms with Crippen LogP contribution in [0.2, 0.25) is 0 Å². The molecule has 1 fully saturated rings. The lowest BCUT2D eigenvalue weighted by molar-refractivity contribution is -0.125. The fourth-order valence-electron chi connectivity index (χ4n) is 3.26. The van der Waals surface area contributed by atoms with Gasteiger partial charge in [0.15, 0.2) is 5.03 Å². The summed E-state index contributed by atoms with van der Waals surface area (Å²) in [4.78, 5) is 17.8. The van der Waals surface area contributed by atoms with Crippen molar-refractivity contribution in [1.29, 1.82) is 0 Å². The minimum atomic E-state index is -3.60. The largest absolute Gasteiger partial charge is 0.355 e. The van der Waals surface area contributed by atoms with Crippen molar-refractivity contribution >= 4 is 27.7 Å². The fourth-order valence-corrected chi connectivity index (χ4v) is 5.53. The number of carbonyl (C=O) groups excluding carboxylic acids is 1. The molecule has 7 nitrogen and oxygen atoms in total. The van der Waals surface area contributed by atoms with Gasteiger partial charge in [0.2, 0.25) is 5.91 Å². The van der Waals surface area contributed by atoms with E-state index in [9.17, 15) is 13.2 Å². The monoisotopic (exact) mass is 436 g/mol. The van der Waals surface area contributed by atoms with Crippen LogP contribution in [0.4, 0.5) is 0 Å². The molecule has 1 saturated heterocycles. The Hall–Kier alpha value is -1.84. The number of aromatic nitrogens is 2. The Morgan fingerprint density at radius 1 is 1.21 bits per heavy atom. The fraction of sp³-hybridized carbons (Fsp3) is 0.500. The second-order valence-corrected chi connectivity index (χ2v) is 10.4. The number of hydrogen-bond acceptors (Lipinski definition) is 5. The molecule has 1 N–H and O–H groups in total. The van der Waals surface area contributed by atoms with Gasteiger partial charge in [0.25, 0.3) is 10.0 Å². The summed E-state index contributed by atoms with van der Waals surface area (Å²) in [7, 11) is -1.83. The zero-order valence-electron chi connectivity index (χ0n) is 17.1. The van der Waals surface area contributed by atoms with Crippen molar-refractivity contribution in [2.45, 2.75) is 36.6 Å². The molecular formula is C20H28N4O3S2. The smallest absolute Gasteiger partial charge is 0.262 e. The van der Waals surface area contributed by atoms with Gasteiger partial charge in [-0.15, -0.1) is 11.8 Å². The van der Waals surface area contributed by atoms with Crippen LogP contribution in [0, 0.1) is 19.8 Å². The van der Waals surface area contributed by atoms with Crippen LogP contribution in [-0.4, -0.2) is 53.6 Å². The van der Waals surface area contributed by atoms with Gasteiger partial charge >= 0.3 is 0 Å². The maximum Gasteiger partial charge on any atom is 0.262 e. The van der Waals surface area contributed by atoms with Gasteiger partial charge in [-0.25, -0.2) is 13.4 Å². The summed E-state index contributed by atoms with van der Waals surface area (Å²) in [6, 6.07) is 8.33. The van der Waals surface area contributed by atoms with Crippen LogP contribution in [-0.2, 0) is 21.9 Å². The molecule has 2 aromatic rings. The van der Waals surface area contributed by atoms with Crippen molar-refractivity contribution in [3.05, 3.63) is 41.9 Å². The molecule has 158 valence electrons. The van der Waals surface area contributed by atoms with Crippen LogP contribution in [0.15, 0.2) is 40.4 Å². The van der Waals surface area contributed by atoms with Crippen LogP contribution in [0.5, 0.6) is 0 Å². The van der Waals surface area contributed by atoms with E-state index in [1.165, 1.54) is 21.0 Å². The highest BCUT2D eigenvalue weighted by Crippen LogP contribution is 2.24. The van der Waals surface area contributed by atoms with Gasteiger partial charge in [-0.05, 0) is 38.8 Å². The lowest BCUT2D eigenvalue weighted by Gasteiger charge is -2.29. The Kier molecular flexibility index (Phi) is 7.02. The van der Waals surface area contributed by atoms with E-state index >= 15 is 0 Å². The number of thioether (sulfide) groups is 1. The summed E-state index contributed by atoms with van der Waals surface area (Å²) in [5.74, 6) is 1.33. The van der Waals surface area contributed by atoms with Crippen LogP contribution >= 0.6 is 11.8 Å². The molecule has 1 aromatic carbocycles. The number of hydrogen-bond donors (Lipinski definition) is 1. The molecule has 29 heavy (non-hydrogen) atoms. The summed E-state index contributed by atoms with van der Waals surface area (Å²) < 4.78 is 28.6. The van der Waals surface area contributed by atoms with Gasteiger partial charge in [0.1, 0.15) is 5.82 Å². The summed E-state index contributed by atoms with van der Waals surface area (Å²) >= 11 is 1.71. The number of imidazole rings is 1. The summed E-state index contributed by atoms with van der Waals surface area (Å²) in [5, 5.41) is 3.06. The number of piperidine rings is 1. The average Bonchev–Trinajstić information content (AvgIpc) is 3.06. The van der Waals surface area contributed by atoms with Crippen molar-refractivity contribution in [1.82, 2.24) is 19.2 Å². The predicted octanol–water partition coefficient (Wildman–Crippen LogP) is 2.35. The van der Waals surface area contributed by atoms with Gasteiger partial charge in [-0.2, -0.15) is 4.31 Å². The highest BCUT2D eigenvalue weighted by Gasteiger charge is 2.33. The molecule has 3 rings (SSSR count). The van der Waals surface area contributed by atoms with E-state index in [0.717, 1.165) is 5.75 Å². The lowest BCUT2D eigenvalue weighted by Crippen LogP contribution is -2.43. The first-order valence-electron chi connectivity index (χ1n) is 9.74. The highest BCUT2D eigenvalue weighted by atomic mass is 32.2. The van der Waals surface area contributed by atoms with Gasteiger partial charge in [-0.1, -0.05) is 17.7 Å². The van der Waals surface area contributed by atoms with E-state index in [1.807, 2.05) is 0 Å². The number of benzene rings is 1. The SMILES string of the molecule is Cc1ccc(SCCNC(=O)C2CCN(S(=O)(=O)c3cn(C)c(C)n3)CC2)cc1. The minimum Gasteiger partial charge on any atom is -0.355 e. The number of amides is 1. The topological polar surface area (TPSA) is 84.3 Å². The number of nitrogens with one attached hydrogen (secondary N) is 1. The summed E-state index contributed by atoms with van der Waals surface area (Å²) in [5.41, 5.74) is 1.23. The average molecular weight is 437 g/mol.